The fraction of sp³-hybridized carbons (Fsp3) is 0.562. The Balaban J connectivity index is 1.98. The van der Waals surface area contributed by atoms with Crippen LogP contribution in [0.15, 0.2) is 24.3 Å². The molecule has 3 nitrogen and oxygen atoms in total. The molecule has 1 aromatic carbocycles. The SMILES string of the molecule is CC(N)CCC(=O)NCC1(c2cccc(C(F)(F)F)c2)CC1. The summed E-state index contributed by atoms with van der Waals surface area (Å²) in [4.78, 5) is 11.7. The molecule has 0 bridgehead atoms. The lowest BCUT2D eigenvalue weighted by molar-refractivity contribution is -0.137. The predicted octanol–water partition coefficient (Wildman–Crippen LogP) is 2.98. The van der Waals surface area contributed by atoms with Crippen molar-refractivity contribution in [2.75, 3.05) is 6.54 Å². The van der Waals surface area contributed by atoms with Crippen LogP contribution in [0.25, 0.3) is 0 Å². The van der Waals surface area contributed by atoms with E-state index >= 15 is 0 Å². The lowest BCUT2D eigenvalue weighted by Gasteiger charge is -2.18. The third kappa shape index (κ3) is 4.22. The van der Waals surface area contributed by atoms with Crippen LogP contribution in [0, 0.1) is 0 Å². The van der Waals surface area contributed by atoms with E-state index in [4.69, 9.17) is 5.73 Å². The minimum absolute atomic E-state index is 0.0379. The molecule has 2 rings (SSSR count). The number of hydrogen-bond donors (Lipinski definition) is 2. The van der Waals surface area contributed by atoms with Crippen molar-refractivity contribution < 1.29 is 18.0 Å². The number of amides is 1. The van der Waals surface area contributed by atoms with Gasteiger partial charge in [0.15, 0.2) is 0 Å². The van der Waals surface area contributed by atoms with Crippen LogP contribution < -0.4 is 11.1 Å². The molecule has 1 aliphatic rings. The van der Waals surface area contributed by atoms with Crippen molar-refractivity contribution in [3.8, 4) is 0 Å². The molecular formula is C16H21F3N2O. The molecule has 1 amide bonds. The van der Waals surface area contributed by atoms with Gasteiger partial charge in [-0.25, -0.2) is 0 Å². The van der Waals surface area contributed by atoms with Gasteiger partial charge in [0, 0.05) is 24.4 Å². The molecule has 0 heterocycles. The van der Waals surface area contributed by atoms with Crippen molar-refractivity contribution >= 4 is 5.91 Å². The van der Waals surface area contributed by atoms with Gasteiger partial charge >= 0.3 is 6.18 Å². The van der Waals surface area contributed by atoms with Gasteiger partial charge in [-0.1, -0.05) is 18.2 Å². The highest BCUT2D eigenvalue weighted by atomic mass is 19.4. The lowest BCUT2D eigenvalue weighted by atomic mass is 9.94. The molecule has 1 unspecified atom stereocenters. The first-order valence-corrected chi connectivity index (χ1v) is 7.43. The van der Waals surface area contributed by atoms with Gasteiger partial charge in [0.25, 0.3) is 0 Å². The Bertz CT molecular complexity index is 536. The maximum absolute atomic E-state index is 12.8. The van der Waals surface area contributed by atoms with E-state index in [1.165, 1.54) is 12.1 Å². The minimum Gasteiger partial charge on any atom is -0.355 e. The quantitative estimate of drug-likeness (QED) is 0.848. The third-order valence-corrected chi connectivity index (χ3v) is 4.11. The van der Waals surface area contributed by atoms with E-state index < -0.39 is 11.7 Å². The molecule has 0 spiro atoms. The molecule has 6 heteroatoms. The summed E-state index contributed by atoms with van der Waals surface area (Å²) >= 11 is 0. The van der Waals surface area contributed by atoms with Crippen molar-refractivity contribution in [3.05, 3.63) is 35.4 Å². The molecule has 0 saturated heterocycles. The number of alkyl halides is 3. The summed E-state index contributed by atoms with van der Waals surface area (Å²) in [5.41, 5.74) is 5.26. The normalized spacial score (nSPS) is 17.9. The summed E-state index contributed by atoms with van der Waals surface area (Å²) in [5.74, 6) is -0.101. The number of benzene rings is 1. The zero-order valence-corrected chi connectivity index (χ0v) is 12.5. The topological polar surface area (TPSA) is 55.1 Å². The minimum atomic E-state index is -4.34. The standard InChI is InChI=1S/C16H21F3N2O/c1-11(20)5-6-14(22)21-10-15(7-8-15)12-3-2-4-13(9-12)16(17,18)19/h2-4,9,11H,5-8,10,20H2,1H3,(H,21,22). The van der Waals surface area contributed by atoms with Crippen LogP contribution in [-0.2, 0) is 16.4 Å². The molecular weight excluding hydrogens is 293 g/mol. The molecule has 0 aliphatic heterocycles. The fourth-order valence-electron chi connectivity index (χ4n) is 2.46. The second-order valence-electron chi connectivity index (χ2n) is 6.15. The van der Waals surface area contributed by atoms with Gasteiger partial charge in [-0.15, -0.1) is 0 Å². The molecule has 1 fully saturated rings. The Morgan fingerprint density at radius 3 is 2.64 bits per heavy atom. The largest absolute Gasteiger partial charge is 0.416 e. The zero-order valence-electron chi connectivity index (χ0n) is 12.5. The summed E-state index contributed by atoms with van der Waals surface area (Å²) in [6.07, 6.45) is -1.81. The number of nitrogens with one attached hydrogen (secondary N) is 1. The highest BCUT2D eigenvalue weighted by Gasteiger charge is 2.45. The lowest BCUT2D eigenvalue weighted by Crippen LogP contribution is -2.33. The van der Waals surface area contributed by atoms with E-state index in [0.717, 1.165) is 18.9 Å². The maximum Gasteiger partial charge on any atom is 0.416 e. The predicted molar refractivity (Wildman–Crippen MR) is 78.2 cm³/mol. The van der Waals surface area contributed by atoms with Crippen molar-refractivity contribution in [3.63, 3.8) is 0 Å². The van der Waals surface area contributed by atoms with E-state index in [0.29, 0.717) is 24.9 Å². The van der Waals surface area contributed by atoms with Gasteiger partial charge in [-0.05, 0) is 37.8 Å². The highest BCUT2D eigenvalue weighted by Crippen LogP contribution is 2.48. The first kappa shape index (κ1) is 16.8. The Morgan fingerprint density at radius 1 is 1.41 bits per heavy atom. The van der Waals surface area contributed by atoms with E-state index in [1.54, 1.807) is 6.07 Å². The Kier molecular flexibility index (Phi) is 4.80. The number of hydrogen-bond acceptors (Lipinski definition) is 2. The number of rotatable bonds is 6. The van der Waals surface area contributed by atoms with Crippen LogP contribution in [0.4, 0.5) is 13.2 Å². The molecule has 0 radical (unpaired) electrons. The van der Waals surface area contributed by atoms with E-state index in [9.17, 15) is 18.0 Å². The Morgan fingerprint density at radius 2 is 2.09 bits per heavy atom. The summed E-state index contributed by atoms with van der Waals surface area (Å²) in [5, 5.41) is 2.82. The smallest absolute Gasteiger partial charge is 0.355 e. The molecule has 1 aromatic rings. The average molecular weight is 314 g/mol. The van der Waals surface area contributed by atoms with Gasteiger partial charge in [-0.3, -0.25) is 4.79 Å². The number of nitrogens with two attached hydrogens (primary N) is 1. The van der Waals surface area contributed by atoms with Crippen molar-refractivity contribution in [1.82, 2.24) is 5.32 Å². The van der Waals surface area contributed by atoms with Gasteiger partial charge in [0.1, 0.15) is 0 Å². The van der Waals surface area contributed by atoms with E-state index in [2.05, 4.69) is 5.32 Å². The van der Waals surface area contributed by atoms with E-state index in [-0.39, 0.29) is 17.4 Å². The molecule has 22 heavy (non-hydrogen) atoms. The highest BCUT2D eigenvalue weighted by molar-refractivity contribution is 5.76. The monoisotopic (exact) mass is 314 g/mol. The summed E-state index contributed by atoms with van der Waals surface area (Å²) < 4.78 is 38.4. The molecule has 1 atom stereocenters. The van der Waals surface area contributed by atoms with Gasteiger partial charge in [0.2, 0.25) is 5.91 Å². The summed E-state index contributed by atoms with van der Waals surface area (Å²) in [6.45, 7) is 2.21. The zero-order chi connectivity index (χ0) is 16.4. The molecule has 1 aliphatic carbocycles. The second kappa shape index (κ2) is 6.28. The number of halogens is 3. The average Bonchev–Trinajstić information content (AvgIpc) is 3.23. The number of carbonyl (C=O) groups is 1. The summed E-state index contributed by atoms with van der Waals surface area (Å²) in [6, 6.07) is 5.36. The fourth-order valence-corrected chi connectivity index (χ4v) is 2.46. The van der Waals surface area contributed by atoms with E-state index in [1.807, 2.05) is 6.92 Å². The molecule has 122 valence electrons. The Labute approximate surface area is 128 Å². The summed E-state index contributed by atoms with van der Waals surface area (Å²) in [7, 11) is 0. The van der Waals surface area contributed by atoms with Crippen LogP contribution in [0.1, 0.15) is 43.7 Å². The van der Waals surface area contributed by atoms with Crippen LogP contribution in [0.2, 0.25) is 0 Å². The Hall–Kier alpha value is -1.56. The third-order valence-electron chi connectivity index (χ3n) is 4.11. The second-order valence-corrected chi connectivity index (χ2v) is 6.15. The van der Waals surface area contributed by atoms with Crippen molar-refractivity contribution in [1.29, 1.82) is 0 Å². The van der Waals surface area contributed by atoms with Gasteiger partial charge in [0.05, 0.1) is 5.56 Å². The van der Waals surface area contributed by atoms with Crippen LogP contribution >= 0.6 is 0 Å². The molecule has 3 N–H and O–H groups in total. The van der Waals surface area contributed by atoms with Crippen molar-refractivity contribution in [2.45, 2.75) is 50.2 Å². The maximum atomic E-state index is 12.8. The first-order valence-electron chi connectivity index (χ1n) is 7.43. The molecule has 0 aromatic heterocycles. The van der Waals surface area contributed by atoms with Crippen LogP contribution in [0.5, 0.6) is 0 Å². The number of carbonyl (C=O) groups excluding carboxylic acids is 1. The first-order chi connectivity index (χ1) is 10.2. The van der Waals surface area contributed by atoms with Crippen molar-refractivity contribution in [2.24, 2.45) is 5.73 Å². The van der Waals surface area contributed by atoms with Crippen LogP contribution in [-0.4, -0.2) is 18.5 Å². The van der Waals surface area contributed by atoms with Gasteiger partial charge < -0.3 is 11.1 Å². The van der Waals surface area contributed by atoms with Gasteiger partial charge in [-0.2, -0.15) is 13.2 Å². The molecule has 1 saturated carbocycles. The van der Waals surface area contributed by atoms with Crippen LogP contribution in [0.3, 0.4) is 0 Å².